The van der Waals surface area contributed by atoms with E-state index in [2.05, 4.69) is 20.3 Å². The number of rotatable bonds is 6. The van der Waals surface area contributed by atoms with Crippen molar-refractivity contribution in [2.45, 2.75) is 25.7 Å². The number of aromatic nitrogens is 3. The van der Waals surface area contributed by atoms with Crippen LogP contribution in [-0.4, -0.2) is 34.0 Å². The summed E-state index contributed by atoms with van der Waals surface area (Å²) in [5.74, 6) is 1.21. The Hall–Kier alpha value is -3.22. The third-order valence-corrected chi connectivity index (χ3v) is 4.50. The summed E-state index contributed by atoms with van der Waals surface area (Å²) in [4.78, 5) is 35.6. The Labute approximate surface area is 155 Å². The van der Waals surface area contributed by atoms with Gasteiger partial charge < -0.3 is 15.0 Å². The highest BCUT2D eigenvalue weighted by molar-refractivity contribution is 5.93. The molecule has 0 radical (unpaired) electrons. The lowest BCUT2D eigenvalue weighted by molar-refractivity contribution is 0.0945. The first kappa shape index (κ1) is 17.2. The molecule has 138 valence electrons. The summed E-state index contributed by atoms with van der Waals surface area (Å²) in [6, 6.07) is 9.67. The second kappa shape index (κ2) is 7.19. The van der Waals surface area contributed by atoms with Crippen LogP contribution in [0.15, 0.2) is 41.3 Å². The normalized spacial score (nSPS) is 13.5. The molecule has 1 aliphatic carbocycles. The van der Waals surface area contributed by atoms with Gasteiger partial charge in [-0.2, -0.15) is 0 Å². The number of carbonyl (C=O) groups is 1. The highest BCUT2D eigenvalue weighted by Crippen LogP contribution is 2.37. The summed E-state index contributed by atoms with van der Waals surface area (Å²) < 4.78 is 5.77. The van der Waals surface area contributed by atoms with Crippen LogP contribution in [0.4, 0.5) is 0 Å². The third-order valence-electron chi connectivity index (χ3n) is 4.50. The van der Waals surface area contributed by atoms with Gasteiger partial charge in [0.1, 0.15) is 29.3 Å². The number of fused-ring (bicyclic) bond motifs is 1. The highest BCUT2D eigenvalue weighted by Gasteiger charge is 2.26. The molecule has 0 spiro atoms. The van der Waals surface area contributed by atoms with E-state index in [9.17, 15) is 9.59 Å². The predicted molar refractivity (Wildman–Crippen MR) is 101 cm³/mol. The largest absolute Gasteiger partial charge is 0.489 e. The van der Waals surface area contributed by atoms with Gasteiger partial charge in [-0.05, 0) is 31.9 Å². The minimum atomic E-state index is -0.457. The van der Waals surface area contributed by atoms with Crippen molar-refractivity contribution in [3.8, 4) is 5.75 Å². The van der Waals surface area contributed by atoms with Crippen LogP contribution in [0.25, 0.3) is 10.9 Å². The molecule has 0 bridgehead atoms. The van der Waals surface area contributed by atoms with Crippen LogP contribution in [-0.2, 0) is 0 Å². The monoisotopic (exact) mass is 364 g/mol. The fourth-order valence-corrected chi connectivity index (χ4v) is 2.89. The number of nitrogens with one attached hydrogen (secondary N) is 2. The summed E-state index contributed by atoms with van der Waals surface area (Å²) in [6.07, 6.45) is 3.42. The Morgan fingerprint density at radius 1 is 1.30 bits per heavy atom. The average Bonchev–Trinajstić information content (AvgIpc) is 3.50. The number of H-pyrrole nitrogens is 1. The van der Waals surface area contributed by atoms with E-state index in [4.69, 9.17) is 4.74 Å². The lowest BCUT2D eigenvalue weighted by Crippen LogP contribution is -2.33. The number of aryl methyl sites for hydroxylation is 1. The molecule has 7 heteroatoms. The topological polar surface area (TPSA) is 97.0 Å². The quantitative estimate of drug-likeness (QED) is 0.654. The number of ether oxygens (including phenoxy) is 1. The number of pyridine rings is 1. The number of hydrogen-bond donors (Lipinski definition) is 2. The molecule has 2 aromatic heterocycles. The molecule has 0 atom stereocenters. The van der Waals surface area contributed by atoms with Crippen molar-refractivity contribution in [3.05, 3.63) is 64.0 Å². The molecule has 0 saturated heterocycles. The van der Waals surface area contributed by atoms with Crippen molar-refractivity contribution in [1.29, 1.82) is 0 Å². The second-order valence-electron chi connectivity index (χ2n) is 6.67. The van der Waals surface area contributed by atoms with Gasteiger partial charge >= 0.3 is 0 Å². The van der Waals surface area contributed by atoms with Gasteiger partial charge in [-0.3, -0.25) is 9.59 Å². The number of aromatic amines is 1. The van der Waals surface area contributed by atoms with Crippen LogP contribution in [0.1, 0.15) is 40.6 Å². The Morgan fingerprint density at radius 2 is 2.15 bits per heavy atom. The van der Waals surface area contributed by atoms with E-state index in [-0.39, 0.29) is 18.7 Å². The first-order valence-electron chi connectivity index (χ1n) is 8.98. The van der Waals surface area contributed by atoms with Gasteiger partial charge in [-0.15, -0.1) is 0 Å². The van der Waals surface area contributed by atoms with Gasteiger partial charge in [0.2, 0.25) is 0 Å². The lowest BCUT2D eigenvalue weighted by Gasteiger charge is -2.10. The maximum atomic E-state index is 12.2. The fraction of sp³-hybridized carbons (Fsp3) is 0.300. The van der Waals surface area contributed by atoms with Crippen LogP contribution in [0, 0.1) is 6.92 Å². The molecule has 1 saturated carbocycles. The van der Waals surface area contributed by atoms with E-state index in [0.717, 1.165) is 29.4 Å². The first-order chi connectivity index (χ1) is 13.1. The second-order valence-corrected chi connectivity index (χ2v) is 6.67. The third kappa shape index (κ3) is 3.81. The molecule has 1 fully saturated rings. The van der Waals surface area contributed by atoms with Gasteiger partial charge in [-0.25, -0.2) is 9.97 Å². The number of nitrogens with zero attached hydrogens (tertiary/aromatic N) is 2. The van der Waals surface area contributed by atoms with Crippen molar-refractivity contribution in [1.82, 2.24) is 20.3 Å². The van der Waals surface area contributed by atoms with E-state index in [1.807, 2.05) is 37.3 Å². The molecule has 2 heterocycles. The Morgan fingerprint density at radius 3 is 2.93 bits per heavy atom. The molecule has 27 heavy (non-hydrogen) atoms. The van der Waals surface area contributed by atoms with Gasteiger partial charge in [-0.1, -0.05) is 18.2 Å². The van der Waals surface area contributed by atoms with Gasteiger partial charge in [0.25, 0.3) is 11.5 Å². The molecule has 2 N–H and O–H groups in total. The molecular weight excluding hydrogens is 344 g/mol. The highest BCUT2D eigenvalue weighted by atomic mass is 16.5. The summed E-state index contributed by atoms with van der Waals surface area (Å²) >= 11 is 0. The van der Waals surface area contributed by atoms with Crippen molar-refractivity contribution < 1.29 is 9.53 Å². The van der Waals surface area contributed by atoms with Crippen molar-refractivity contribution in [2.24, 2.45) is 0 Å². The van der Waals surface area contributed by atoms with Crippen molar-refractivity contribution in [2.75, 3.05) is 13.2 Å². The average molecular weight is 364 g/mol. The molecule has 7 nitrogen and oxygen atoms in total. The molecule has 0 unspecified atom stereocenters. The SMILES string of the molecule is Cc1ccc2cccc(OCCNC(=O)c3cnc(C4CC4)[nH]c3=O)c2n1. The van der Waals surface area contributed by atoms with Crippen LogP contribution in [0.2, 0.25) is 0 Å². The zero-order valence-electron chi connectivity index (χ0n) is 15.0. The Balaban J connectivity index is 1.36. The smallest absolute Gasteiger partial charge is 0.263 e. The summed E-state index contributed by atoms with van der Waals surface area (Å²) in [7, 11) is 0. The molecule has 1 aliphatic rings. The molecule has 3 aromatic rings. The molecule has 4 rings (SSSR count). The van der Waals surface area contributed by atoms with Gasteiger partial charge in [0.15, 0.2) is 0 Å². The maximum absolute atomic E-state index is 12.2. The van der Waals surface area contributed by atoms with Crippen LogP contribution in [0.3, 0.4) is 0 Å². The summed E-state index contributed by atoms with van der Waals surface area (Å²) in [6.45, 7) is 2.47. The number of amides is 1. The zero-order valence-corrected chi connectivity index (χ0v) is 15.0. The van der Waals surface area contributed by atoms with Crippen molar-refractivity contribution >= 4 is 16.8 Å². The van der Waals surface area contributed by atoms with E-state index >= 15 is 0 Å². The van der Waals surface area contributed by atoms with Crippen molar-refractivity contribution in [3.63, 3.8) is 0 Å². The fourth-order valence-electron chi connectivity index (χ4n) is 2.89. The lowest BCUT2D eigenvalue weighted by atomic mass is 10.2. The maximum Gasteiger partial charge on any atom is 0.263 e. The number of benzene rings is 1. The van der Waals surface area contributed by atoms with Crippen LogP contribution >= 0.6 is 0 Å². The molecule has 1 amide bonds. The van der Waals surface area contributed by atoms with E-state index in [0.29, 0.717) is 17.5 Å². The molecule has 0 aliphatic heterocycles. The number of hydrogen-bond acceptors (Lipinski definition) is 5. The number of carbonyl (C=O) groups excluding carboxylic acids is 1. The Bertz CT molecular complexity index is 1060. The molecular formula is C20H20N4O3. The molecule has 1 aromatic carbocycles. The van der Waals surface area contributed by atoms with Crippen LogP contribution < -0.4 is 15.6 Å². The zero-order chi connectivity index (χ0) is 18.8. The van der Waals surface area contributed by atoms with Gasteiger partial charge in [0.05, 0.1) is 6.54 Å². The van der Waals surface area contributed by atoms with Gasteiger partial charge in [0, 0.05) is 23.2 Å². The van der Waals surface area contributed by atoms with E-state index in [1.54, 1.807) is 0 Å². The summed E-state index contributed by atoms with van der Waals surface area (Å²) in [5, 5.41) is 3.69. The van der Waals surface area contributed by atoms with E-state index in [1.165, 1.54) is 6.20 Å². The van der Waals surface area contributed by atoms with Crippen LogP contribution in [0.5, 0.6) is 5.75 Å². The predicted octanol–water partition coefficient (Wildman–Crippen LogP) is 2.31. The van der Waals surface area contributed by atoms with E-state index < -0.39 is 11.5 Å². The minimum absolute atomic E-state index is 0.0156. The standard InChI is InChI=1S/C20H20N4O3/c1-12-5-6-13-3-2-4-16(17(13)23-12)27-10-9-21-19(25)15-11-22-18(14-7-8-14)24-20(15)26/h2-6,11,14H,7-10H2,1H3,(H,21,25)(H,22,24,26). The first-order valence-corrected chi connectivity index (χ1v) is 8.98. The Kier molecular flexibility index (Phi) is 4.58. The summed E-state index contributed by atoms with van der Waals surface area (Å²) in [5.41, 5.74) is 1.31. The minimum Gasteiger partial charge on any atom is -0.489 e. The number of para-hydroxylation sites is 1.